The molecule has 0 aromatic carbocycles. The highest BCUT2D eigenvalue weighted by Gasteiger charge is 2.44. The van der Waals surface area contributed by atoms with E-state index in [4.69, 9.17) is 18.9 Å². The molecule has 1 fully saturated rings. The Bertz CT molecular complexity index is 991. The number of ether oxygens (including phenoxy) is 4. The summed E-state index contributed by atoms with van der Waals surface area (Å²) >= 11 is 0. The molecule has 0 aromatic heterocycles. The molecule has 2 unspecified atom stereocenters. The van der Waals surface area contributed by atoms with Gasteiger partial charge < -0.3 is 39.4 Å². The molecule has 0 aromatic rings. The molecule has 4 N–H and O–H groups in total. The SMILES string of the molecule is CCC/C=C/C/C=C/C/C=C/C/C=C/CCCCCC(=O)OC[C@@H](CO[C@H]1O[C@@H](CO)[C@@H](O)C(O)C1O)OC(=O)CCCCCCCCCCCC. The smallest absolute Gasteiger partial charge is 0.306 e. The van der Waals surface area contributed by atoms with Crippen LogP contribution in [0.3, 0.4) is 0 Å². The van der Waals surface area contributed by atoms with Crippen LogP contribution in [0.2, 0.25) is 0 Å². The van der Waals surface area contributed by atoms with Gasteiger partial charge in [-0.15, -0.1) is 0 Å². The molecular formula is C42H72O10. The molecule has 1 rings (SSSR count). The van der Waals surface area contributed by atoms with Crippen molar-refractivity contribution in [2.75, 3.05) is 19.8 Å². The molecule has 0 bridgehead atoms. The third-order valence-electron chi connectivity index (χ3n) is 8.95. The second-order valence-corrected chi connectivity index (χ2v) is 13.7. The van der Waals surface area contributed by atoms with E-state index in [1.54, 1.807) is 0 Å². The van der Waals surface area contributed by atoms with Crippen LogP contribution in [0.15, 0.2) is 48.6 Å². The van der Waals surface area contributed by atoms with Gasteiger partial charge in [-0.25, -0.2) is 0 Å². The van der Waals surface area contributed by atoms with E-state index in [9.17, 15) is 30.0 Å². The minimum absolute atomic E-state index is 0.223. The first kappa shape index (κ1) is 47.7. The maximum Gasteiger partial charge on any atom is 0.306 e. The first-order valence-corrected chi connectivity index (χ1v) is 20.2. The molecule has 6 atom stereocenters. The molecule has 1 heterocycles. The fraction of sp³-hybridized carbons (Fsp3) is 0.762. The molecule has 10 nitrogen and oxygen atoms in total. The van der Waals surface area contributed by atoms with Crippen LogP contribution in [0.1, 0.15) is 149 Å². The summed E-state index contributed by atoms with van der Waals surface area (Å²) in [6, 6.07) is 0. The van der Waals surface area contributed by atoms with Crippen LogP contribution in [0.4, 0.5) is 0 Å². The second kappa shape index (κ2) is 33.2. The Morgan fingerprint density at radius 2 is 1.12 bits per heavy atom. The van der Waals surface area contributed by atoms with E-state index in [1.165, 1.54) is 44.9 Å². The van der Waals surface area contributed by atoms with Crippen molar-refractivity contribution in [3.63, 3.8) is 0 Å². The summed E-state index contributed by atoms with van der Waals surface area (Å²) in [6.07, 6.45) is 29.8. The van der Waals surface area contributed by atoms with E-state index >= 15 is 0 Å². The molecule has 1 saturated heterocycles. The number of hydrogen-bond donors (Lipinski definition) is 4. The average molecular weight is 737 g/mol. The Morgan fingerprint density at radius 3 is 1.69 bits per heavy atom. The molecule has 52 heavy (non-hydrogen) atoms. The Kier molecular flexibility index (Phi) is 30.5. The van der Waals surface area contributed by atoms with Gasteiger partial charge in [-0.2, -0.15) is 0 Å². The summed E-state index contributed by atoms with van der Waals surface area (Å²) in [6.45, 7) is 3.28. The van der Waals surface area contributed by atoms with Crippen molar-refractivity contribution in [1.29, 1.82) is 0 Å². The number of hydrogen-bond acceptors (Lipinski definition) is 10. The predicted molar refractivity (Wildman–Crippen MR) is 205 cm³/mol. The highest BCUT2D eigenvalue weighted by molar-refractivity contribution is 5.70. The van der Waals surface area contributed by atoms with Gasteiger partial charge in [-0.3, -0.25) is 9.59 Å². The van der Waals surface area contributed by atoms with Gasteiger partial charge in [0.1, 0.15) is 31.0 Å². The number of esters is 2. The van der Waals surface area contributed by atoms with Crippen LogP contribution in [0, 0.1) is 0 Å². The summed E-state index contributed by atoms with van der Waals surface area (Å²) in [5, 5.41) is 39.9. The van der Waals surface area contributed by atoms with Crippen molar-refractivity contribution < 1.29 is 49.0 Å². The number of allylic oxidation sites excluding steroid dienone is 8. The first-order chi connectivity index (χ1) is 25.3. The van der Waals surface area contributed by atoms with E-state index in [2.05, 4.69) is 62.5 Å². The standard InChI is InChI=1S/C42H72O10/c1-3-5-7-9-11-13-15-16-17-18-19-20-21-23-24-26-28-30-37(44)49-33-35(34-50-42-41(48)40(47)39(46)36(32-43)52-42)51-38(45)31-29-27-25-22-14-12-10-8-6-4-2/h7,9,13,15,17-18,20-21,35-36,39-43,46-48H,3-6,8,10-12,14,16,19,22-34H2,1-2H3/b9-7+,15-13+,18-17+,21-20+/t35-,36-,39+,40?,41?,42-/m0/s1. The molecule has 0 amide bonds. The van der Waals surface area contributed by atoms with E-state index in [-0.39, 0.29) is 26.1 Å². The zero-order valence-electron chi connectivity index (χ0n) is 32.3. The predicted octanol–water partition coefficient (Wildman–Crippen LogP) is 7.71. The number of carbonyl (C=O) groups excluding carboxylic acids is 2. The van der Waals surface area contributed by atoms with Crippen LogP contribution < -0.4 is 0 Å². The first-order valence-electron chi connectivity index (χ1n) is 20.2. The minimum Gasteiger partial charge on any atom is -0.462 e. The fourth-order valence-electron chi connectivity index (χ4n) is 5.71. The number of unbranched alkanes of at least 4 members (excludes halogenated alkanes) is 13. The van der Waals surface area contributed by atoms with Crippen molar-refractivity contribution in [2.45, 2.75) is 185 Å². The number of rotatable bonds is 32. The molecule has 300 valence electrons. The lowest BCUT2D eigenvalue weighted by Crippen LogP contribution is -2.59. The maximum atomic E-state index is 12.7. The minimum atomic E-state index is -1.60. The van der Waals surface area contributed by atoms with Crippen LogP contribution >= 0.6 is 0 Å². The van der Waals surface area contributed by atoms with E-state index < -0.39 is 55.4 Å². The summed E-state index contributed by atoms with van der Waals surface area (Å²) in [4.78, 5) is 25.2. The Balaban J connectivity index is 2.39. The summed E-state index contributed by atoms with van der Waals surface area (Å²) < 4.78 is 22.0. The van der Waals surface area contributed by atoms with Gasteiger partial charge in [0.25, 0.3) is 0 Å². The topological polar surface area (TPSA) is 152 Å². The van der Waals surface area contributed by atoms with E-state index in [0.29, 0.717) is 12.8 Å². The van der Waals surface area contributed by atoms with Crippen LogP contribution in [-0.2, 0) is 28.5 Å². The van der Waals surface area contributed by atoms with Gasteiger partial charge in [0, 0.05) is 12.8 Å². The van der Waals surface area contributed by atoms with Crippen molar-refractivity contribution in [3.05, 3.63) is 48.6 Å². The van der Waals surface area contributed by atoms with Gasteiger partial charge in [-0.1, -0.05) is 133 Å². The van der Waals surface area contributed by atoms with Crippen molar-refractivity contribution in [2.24, 2.45) is 0 Å². The molecular weight excluding hydrogens is 664 g/mol. The molecule has 0 radical (unpaired) electrons. The highest BCUT2D eigenvalue weighted by atomic mass is 16.7. The van der Waals surface area contributed by atoms with E-state index in [0.717, 1.165) is 64.2 Å². The zero-order chi connectivity index (χ0) is 38.1. The third-order valence-corrected chi connectivity index (χ3v) is 8.95. The zero-order valence-corrected chi connectivity index (χ0v) is 32.3. The van der Waals surface area contributed by atoms with Gasteiger partial charge in [0.15, 0.2) is 12.4 Å². The van der Waals surface area contributed by atoms with Crippen molar-refractivity contribution >= 4 is 11.9 Å². The van der Waals surface area contributed by atoms with Crippen molar-refractivity contribution in [3.8, 4) is 0 Å². The monoisotopic (exact) mass is 737 g/mol. The Labute approximate surface area is 314 Å². The fourth-order valence-corrected chi connectivity index (χ4v) is 5.71. The lowest BCUT2D eigenvalue weighted by Gasteiger charge is -2.39. The second-order valence-electron chi connectivity index (χ2n) is 13.7. The molecule has 1 aliphatic rings. The molecule has 1 aliphatic heterocycles. The Hall–Kier alpha value is -2.34. The Morgan fingerprint density at radius 1 is 0.596 bits per heavy atom. The van der Waals surface area contributed by atoms with Crippen LogP contribution in [-0.4, -0.2) is 89.0 Å². The number of carbonyl (C=O) groups is 2. The lowest BCUT2D eigenvalue weighted by atomic mass is 9.99. The largest absolute Gasteiger partial charge is 0.462 e. The summed E-state index contributed by atoms with van der Waals surface area (Å²) in [5.74, 6) is -0.848. The average Bonchev–Trinajstić information content (AvgIpc) is 3.14. The van der Waals surface area contributed by atoms with Crippen molar-refractivity contribution in [1.82, 2.24) is 0 Å². The number of aliphatic hydroxyl groups excluding tert-OH is 4. The normalized spacial score (nSPS) is 21.5. The molecule has 0 spiro atoms. The van der Waals surface area contributed by atoms with Gasteiger partial charge >= 0.3 is 11.9 Å². The highest BCUT2D eigenvalue weighted by Crippen LogP contribution is 2.22. The summed E-state index contributed by atoms with van der Waals surface area (Å²) in [5.41, 5.74) is 0. The van der Waals surface area contributed by atoms with Crippen LogP contribution in [0.25, 0.3) is 0 Å². The van der Waals surface area contributed by atoms with Crippen LogP contribution in [0.5, 0.6) is 0 Å². The molecule has 0 aliphatic carbocycles. The lowest BCUT2D eigenvalue weighted by molar-refractivity contribution is -0.305. The maximum absolute atomic E-state index is 12.7. The number of aliphatic hydroxyl groups is 4. The molecule has 10 heteroatoms. The third kappa shape index (κ3) is 24.8. The van der Waals surface area contributed by atoms with E-state index in [1.807, 2.05) is 0 Å². The van der Waals surface area contributed by atoms with Gasteiger partial charge in [-0.05, 0) is 51.4 Å². The molecule has 0 saturated carbocycles. The summed E-state index contributed by atoms with van der Waals surface area (Å²) in [7, 11) is 0. The van der Waals surface area contributed by atoms with Gasteiger partial charge in [0.05, 0.1) is 13.2 Å². The van der Waals surface area contributed by atoms with Gasteiger partial charge in [0.2, 0.25) is 0 Å². The quantitative estimate of drug-likeness (QED) is 0.0307.